The molecule has 1 aliphatic heterocycles. The van der Waals surface area contributed by atoms with Crippen molar-refractivity contribution in [3.63, 3.8) is 0 Å². The van der Waals surface area contributed by atoms with Gasteiger partial charge >= 0.3 is 0 Å². The molecule has 0 aromatic rings. The molecule has 1 unspecified atom stereocenters. The zero-order chi connectivity index (χ0) is 8.97. The van der Waals surface area contributed by atoms with Gasteiger partial charge in [-0.2, -0.15) is 0 Å². The lowest BCUT2D eigenvalue weighted by Gasteiger charge is -2.13. The standard InChI is InChI=1S/C9H18N2O/c1-8-3-5-11(7-8)6-4-9(12)10-2/h8H,3-7H2,1-2H3,(H,10,12). The summed E-state index contributed by atoms with van der Waals surface area (Å²) in [7, 11) is 1.69. The Bertz CT molecular complexity index is 159. The fraction of sp³-hybridized carbons (Fsp3) is 0.889. The van der Waals surface area contributed by atoms with Crippen molar-refractivity contribution in [3.05, 3.63) is 0 Å². The van der Waals surface area contributed by atoms with E-state index in [9.17, 15) is 4.79 Å². The first-order valence-electron chi connectivity index (χ1n) is 4.65. The third-order valence-corrected chi connectivity index (χ3v) is 2.44. The zero-order valence-corrected chi connectivity index (χ0v) is 7.97. The molecule has 1 rings (SSSR count). The van der Waals surface area contributed by atoms with E-state index in [0.29, 0.717) is 6.42 Å². The van der Waals surface area contributed by atoms with Gasteiger partial charge in [-0.25, -0.2) is 0 Å². The first-order valence-corrected chi connectivity index (χ1v) is 4.65. The van der Waals surface area contributed by atoms with Gasteiger partial charge in [-0.3, -0.25) is 4.79 Å². The van der Waals surface area contributed by atoms with Gasteiger partial charge in [0.15, 0.2) is 0 Å². The minimum atomic E-state index is 0.148. The summed E-state index contributed by atoms with van der Waals surface area (Å²) in [6.45, 7) is 5.51. The van der Waals surface area contributed by atoms with E-state index < -0.39 is 0 Å². The van der Waals surface area contributed by atoms with Crippen LogP contribution in [0.1, 0.15) is 19.8 Å². The van der Waals surface area contributed by atoms with Gasteiger partial charge in [0, 0.05) is 26.6 Å². The number of rotatable bonds is 3. The van der Waals surface area contributed by atoms with E-state index in [1.165, 1.54) is 6.42 Å². The van der Waals surface area contributed by atoms with Crippen molar-refractivity contribution in [1.29, 1.82) is 0 Å². The second-order valence-electron chi connectivity index (χ2n) is 3.62. The van der Waals surface area contributed by atoms with E-state index in [1.54, 1.807) is 7.05 Å². The molecule has 0 saturated carbocycles. The molecule has 1 fully saturated rings. The number of carbonyl (C=O) groups excluding carboxylic acids is 1. The third kappa shape index (κ3) is 2.81. The van der Waals surface area contributed by atoms with E-state index in [-0.39, 0.29) is 5.91 Å². The van der Waals surface area contributed by atoms with Crippen LogP contribution < -0.4 is 5.32 Å². The first kappa shape index (κ1) is 9.52. The van der Waals surface area contributed by atoms with Gasteiger partial charge in [0.1, 0.15) is 0 Å². The summed E-state index contributed by atoms with van der Waals surface area (Å²) < 4.78 is 0. The minimum Gasteiger partial charge on any atom is -0.359 e. The third-order valence-electron chi connectivity index (χ3n) is 2.44. The van der Waals surface area contributed by atoms with E-state index in [1.807, 2.05) is 0 Å². The lowest BCUT2D eigenvalue weighted by Crippen LogP contribution is -2.27. The summed E-state index contributed by atoms with van der Waals surface area (Å²) in [5, 5.41) is 2.63. The predicted octanol–water partition coefficient (Wildman–Crippen LogP) is 0.464. The topological polar surface area (TPSA) is 32.3 Å². The highest BCUT2D eigenvalue weighted by Crippen LogP contribution is 2.14. The van der Waals surface area contributed by atoms with Gasteiger partial charge in [0.05, 0.1) is 0 Å². The molecule has 12 heavy (non-hydrogen) atoms. The Balaban J connectivity index is 2.11. The number of nitrogens with one attached hydrogen (secondary N) is 1. The molecular formula is C9H18N2O. The van der Waals surface area contributed by atoms with Gasteiger partial charge in [-0.15, -0.1) is 0 Å². The normalized spacial score (nSPS) is 24.3. The fourth-order valence-electron chi connectivity index (χ4n) is 1.61. The molecule has 0 spiro atoms. The van der Waals surface area contributed by atoms with Crippen LogP contribution in [-0.2, 0) is 4.79 Å². The highest BCUT2D eigenvalue weighted by Gasteiger charge is 2.18. The van der Waals surface area contributed by atoms with Crippen LogP contribution in [0.5, 0.6) is 0 Å². The molecule has 1 saturated heterocycles. The monoisotopic (exact) mass is 170 g/mol. The highest BCUT2D eigenvalue weighted by molar-refractivity contribution is 5.75. The molecule has 0 radical (unpaired) electrons. The van der Waals surface area contributed by atoms with Gasteiger partial charge in [0.25, 0.3) is 0 Å². The van der Waals surface area contributed by atoms with Gasteiger partial charge in [0.2, 0.25) is 5.91 Å². The summed E-state index contributed by atoms with van der Waals surface area (Å²) >= 11 is 0. The van der Waals surface area contributed by atoms with E-state index in [2.05, 4.69) is 17.1 Å². The van der Waals surface area contributed by atoms with E-state index in [0.717, 1.165) is 25.6 Å². The molecule has 1 atom stereocenters. The highest BCUT2D eigenvalue weighted by atomic mass is 16.1. The van der Waals surface area contributed by atoms with Crippen LogP contribution in [0.3, 0.4) is 0 Å². The molecule has 0 bridgehead atoms. The maximum absolute atomic E-state index is 10.9. The SMILES string of the molecule is CNC(=O)CCN1CCC(C)C1. The predicted molar refractivity (Wildman–Crippen MR) is 48.9 cm³/mol. The molecule has 1 aliphatic rings. The van der Waals surface area contributed by atoms with Crippen molar-refractivity contribution in [2.45, 2.75) is 19.8 Å². The lowest BCUT2D eigenvalue weighted by atomic mass is 10.2. The number of amides is 1. The Labute approximate surface area is 74.1 Å². The average molecular weight is 170 g/mol. The van der Waals surface area contributed by atoms with Crippen LogP contribution in [0, 0.1) is 5.92 Å². The smallest absolute Gasteiger partial charge is 0.221 e. The lowest BCUT2D eigenvalue weighted by molar-refractivity contribution is -0.120. The van der Waals surface area contributed by atoms with Crippen molar-refractivity contribution < 1.29 is 4.79 Å². The molecule has 1 N–H and O–H groups in total. The van der Waals surface area contributed by atoms with Crippen LogP contribution in [0.4, 0.5) is 0 Å². The van der Waals surface area contributed by atoms with Crippen LogP contribution in [0.15, 0.2) is 0 Å². The molecule has 3 heteroatoms. The number of hydrogen-bond acceptors (Lipinski definition) is 2. The summed E-state index contributed by atoms with van der Waals surface area (Å²) in [6.07, 6.45) is 1.93. The van der Waals surface area contributed by atoms with Gasteiger partial charge in [-0.05, 0) is 18.9 Å². The minimum absolute atomic E-state index is 0.148. The van der Waals surface area contributed by atoms with Crippen LogP contribution in [0.25, 0.3) is 0 Å². The van der Waals surface area contributed by atoms with Crippen molar-refractivity contribution in [2.75, 3.05) is 26.7 Å². The van der Waals surface area contributed by atoms with Gasteiger partial charge in [-0.1, -0.05) is 6.92 Å². The maximum atomic E-state index is 10.9. The summed E-state index contributed by atoms with van der Waals surface area (Å²) in [4.78, 5) is 13.3. The largest absolute Gasteiger partial charge is 0.359 e. The first-order chi connectivity index (χ1) is 5.72. The Morgan fingerprint density at radius 1 is 1.67 bits per heavy atom. The second-order valence-corrected chi connectivity index (χ2v) is 3.62. The molecule has 3 nitrogen and oxygen atoms in total. The van der Waals surface area contributed by atoms with Crippen LogP contribution in [-0.4, -0.2) is 37.5 Å². The van der Waals surface area contributed by atoms with Crippen molar-refractivity contribution >= 4 is 5.91 Å². The Morgan fingerprint density at radius 3 is 2.92 bits per heavy atom. The molecule has 0 aromatic heterocycles. The molecule has 70 valence electrons. The molecule has 1 amide bonds. The zero-order valence-electron chi connectivity index (χ0n) is 7.97. The molecule has 0 aliphatic carbocycles. The van der Waals surface area contributed by atoms with Crippen LogP contribution in [0.2, 0.25) is 0 Å². The average Bonchev–Trinajstić information content (AvgIpc) is 2.47. The maximum Gasteiger partial charge on any atom is 0.221 e. The number of carbonyl (C=O) groups is 1. The molecule has 1 heterocycles. The fourth-order valence-corrected chi connectivity index (χ4v) is 1.61. The Hall–Kier alpha value is -0.570. The Kier molecular flexibility index (Phi) is 3.53. The van der Waals surface area contributed by atoms with E-state index in [4.69, 9.17) is 0 Å². The number of nitrogens with zero attached hydrogens (tertiary/aromatic N) is 1. The second kappa shape index (κ2) is 4.45. The summed E-state index contributed by atoms with van der Waals surface area (Å²) in [5.41, 5.74) is 0. The van der Waals surface area contributed by atoms with Crippen LogP contribution >= 0.6 is 0 Å². The summed E-state index contributed by atoms with van der Waals surface area (Å²) in [6, 6.07) is 0. The van der Waals surface area contributed by atoms with Crippen molar-refractivity contribution in [2.24, 2.45) is 5.92 Å². The van der Waals surface area contributed by atoms with E-state index >= 15 is 0 Å². The number of likely N-dealkylation sites (tertiary alicyclic amines) is 1. The number of hydrogen-bond donors (Lipinski definition) is 1. The molecule has 0 aromatic carbocycles. The van der Waals surface area contributed by atoms with Gasteiger partial charge < -0.3 is 10.2 Å². The van der Waals surface area contributed by atoms with Crippen molar-refractivity contribution in [3.8, 4) is 0 Å². The summed E-state index contributed by atoms with van der Waals surface area (Å²) in [5.74, 6) is 0.962. The molecular weight excluding hydrogens is 152 g/mol. The van der Waals surface area contributed by atoms with Crippen molar-refractivity contribution in [1.82, 2.24) is 10.2 Å². The quantitative estimate of drug-likeness (QED) is 0.667. The Morgan fingerprint density at radius 2 is 2.42 bits per heavy atom.